The van der Waals surface area contributed by atoms with Gasteiger partial charge < -0.3 is 4.90 Å². The van der Waals surface area contributed by atoms with E-state index < -0.39 is 0 Å². The number of hydrogen-bond acceptors (Lipinski definition) is 7. The van der Waals surface area contributed by atoms with E-state index in [-0.39, 0.29) is 17.2 Å². The highest BCUT2D eigenvalue weighted by molar-refractivity contribution is 5.74. The number of hydrogen-bond donors (Lipinski definition) is 0. The van der Waals surface area contributed by atoms with E-state index >= 15 is 0 Å². The van der Waals surface area contributed by atoms with Gasteiger partial charge in [-0.25, -0.2) is 4.68 Å². The Hall–Kier alpha value is -3.82. The zero-order valence-corrected chi connectivity index (χ0v) is 17.3. The van der Waals surface area contributed by atoms with Crippen molar-refractivity contribution < 1.29 is 0 Å². The van der Waals surface area contributed by atoms with Gasteiger partial charge in [-0.1, -0.05) is 0 Å². The zero-order valence-electron chi connectivity index (χ0n) is 17.3. The molecule has 31 heavy (non-hydrogen) atoms. The summed E-state index contributed by atoms with van der Waals surface area (Å²) in [5.41, 5.74) is 1.80. The molecule has 0 spiro atoms. The monoisotopic (exact) mass is 418 g/mol. The van der Waals surface area contributed by atoms with Crippen molar-refractivity contribution in [1.29, 1.82) is 0 Å². The Balaban J connectivity index is 1.51. The molecular weight excluding hydrogens is 396 g/mol. The maximum absolute atomic E-state index is 12.8. The Labute approximate surface area is 177 Å². The summed E-state index contributed by atoms with van der Waals surface area (Å²) in [7, 11) is 3.49. The van der Waals surface area contributed by atoms with Gasteiger partial charge in [0.2, 0.25) is 5.95 Å². The fourth-order valence-electron chi connectivity index (χ4n) is 4.15. The first-order valence-electron chi connectivity index (χ1n) is 10.2. The fourth-order valence-corrected chi connectivity index (χ4v) is 4.15. The van der Waals surface area contributed by atoms with Crippen LogP contribution in [0.25, 0.3) is 22.3 Å². The molecular formula is C21H22N8O2. The molecule has 4 aromatic heterocycles. The topological polar surface area (TPSA) is 104 Å². The van der Waals surface area contributed by atoms with Crippen molar-refractivity contribution in [3.05, 3.63) is 63.6 Å². The molecule has 1 unspecified atom stereocenters. The molecule has 0 aliphatic carbocycles. The van der Waals surface area contributed by atoms with E-state index in [2.05, 4.69) is 20.1 Å². The lowest BCUT2D eigenvalue weighted by molar-refractivity contribution is 0.483. The molecule has 5 heterocycles. The smallest absolute Gasteiger partial charge is 0.266 e. The van der Waals surface area contributed by atoms with Crippen LogP contribution >= 0.6 is 0 Å². The van der Waals surface area contributed by atoms with E-state index in [9.17, 15) is 9.59 Å². The van der Waals surface area contributed by atoms with Crippen LogP contribution in [0.5, 0.6) is 0 Å². The second-order valence-corrected chi connectivity index (χ2v) is 7.75. The standard InChI is InChI=1S/C21H22N8O2/c1-26-20(31)16-12-23-27(2)19(16)24-21(26)28-10-4-6-15(28)13-29-18(30)8-7-17(25-29)14-5-3-9-22-11-14/h3,5,7-9,11-12,15H,4,6,10,13H2,1-2H3. The van der Waals surface area contributed by atoms with Gasteiger partial charge in [0.25, 0.3) is 11.1 Å². The highest BCUT2D eigenvalue weighted by atomic mass is 16.1. The normalized spacial score (nSPS) is 16.3. The third kappa shape index (κ3) is 3.29. The van der Waals surface area contributed by atoms with E-state index in [0.717, 1.165) is 24.9 Å². The minimum absolute atomic E-state index is 0.00174. The highest BCUT2D eigenvalue weighted by Gasteiger charge is 2.29. The number of nitrogens with zero attached hydrogens (tertiary/aromatic N) is 8. The first-order chi connectivity index (χ1) is 15.0. The van der Waals surface area contributed by atoms with Gasteiger partial charge in [0.1, 0.15) is 5.39 Å². The van der Waals surface area contributed by atoms with Crippen LogP contribution < -0.4 is 16.0 Å². The summed E-state index contributed by atoms with van der Waals surface area (Å²) in [6.45, 7) is 1.16. The fraction of sp³-hybridized carbons (Fsp3) is 0.333. The Kier molecular flexibility index (Phi) is 4.61. The van der Waals surface area contributed by atoms with Crippen LogP contribution in [0.4, 0.5) is 5.95 Å². The third-order valence-corrected chi connectivity index (χ3v) is 5.79. The van der Waals surface area contributed by atoms with Gasteiger partial charge in [-0.05, 0) is 31.0 Å². The SMILES string of the molecule is Cn1c(N2CCCC2Cn2nc(-c3cccnc3)ccc2=O)nc2c(cnn2C)c1=O. The van der Waals surface area contributed by atoms with Crippen molar-refractivity contribution in [2.45, 2.75) is 25.4 Å². The van der Waals surface area contributed by atoms with Gasteiger partial charge in [0.05, 0.1) is 24.5 Å². The Morgan fingerprint density at radius 3 is 2.81 bits per heavy atom. The number of rotatable bonds is 4. The van der Waals surface area contributed by atoms with Crippen LogP contribution in [-0.4, -0.2) is 46.7 Å². The predicted octanol–water partition coefficient (Wildman–Crippen LogP) is 0.955. The van der Waals surface area contributed by atoms with Crippen LogP contribution in [-0.2, 0) is 20.6 Å². The van der Waals surface area contributed by atoms with E-state index in [4.69, 9.17) is 4.98 Å². The average Bonchev–Trinajstić information content (AvgIpc) is 3.39. The third-order valence-electron chi connectivity index (χ3n) is 5.79. The number of anilines is 1. The van der Waals surface area contributed by atoms with Gasteiger partial charge in [-0.3, -0.25) is 23.8 Å². The summed E-state index contributed by atoms with van der Waals surface area (Å²) in [4.78, 5) is 36.3. The number of aromatic nitrogens is 7. The van der Waals surface area contributed by atoms with Crippen molar-refractivity contribution in [2.24, 2.45) is 14.1 Å². The molecule has 10 nitrogen and oxygen atoms in total. The number of aryl methyl sites for hydroxylation is 1. The molecule has 0 bridgehead atoms. The Morgan fingerprint density at radius 1 is 1.13 bits per heavy atom. The molecule has 0 radical (unpaired) electrons. The minimum atomic E-state index is -0.163. The molecule has 1 aliphatic heterocycles. The number of pyridine rings is 1. The van der Waals surface area contributed by atoms with E-state index in [1.54, 1.807) is 48.0 Å². The Bertz CT molecular complexity index is 1370. The minimum Gasteiger partial charge on any atom is -0.337 e. The molecule has 5 rings (SSSR count). The van der Waals surface area contributed by atoms with Crippen molar-refractivity contribution in [1.82, 2.24) is 34.1 Å². The van der Waals surface area contributed by atoms with E-state index in [0.29, 0.717) is 29.2 Å². The quantitative estimate of drug-likeness (QED) is 0.486. The van der Waals surface area contributed by atoms with Crippen molar-refractivity contribution in [3.8, 4) is 11.3 Å². The first-order valence-corrected chi connectivity index (χ1v) is 10.2. The van der Waals surface area contributed by atoms with Crippen molar-refractivity contribution in [3.63, 3.8) is 0 Å². The van der Waals surface area contributed by atoms with Gasteiger partial charge >= 0.3 is 0 Å². The summed E-state index contributed by atoms with van der Waals surface area (Å²) in [6, 6.07) is 6.99. The van der Waals surface area contributed by atoms with Crippen LogP contribution in [0.15, 0.2) is 52.4 Å². The lowest BCUT2D eigenvalue weighted by atomic mass is 10.2. The maximum atomic E-state index is 12.8. The average molecular weight is 418 g/mol. The zero-order chi connectivity index (χ0) is 21.5. The first kappa shape index (κ1) is 19.2. The second-order valence-electron chi connectivity index (χ2n) is 7.75. The second kappa shape index (κ2) is 7.46. The summed E-state index contributed by atoms with van der Waals surface area (Å²) in [5.74, 6) is 0.583. The molecule has 0 amide bonds. The lowest BCUT2D eigenvalue weighted by Gasteiger charge is -2.27. The number of fused-ring (bicyclic) bond motifs is 1. The Morgan fingerprint density at radius 2 is 2.00 bits per heavy atom. The lowest BCUT2D eigenvalue weighted by Crippen LogP contribution is -2.40. The molecule has 4 aromatic rings. The molecule has 10 heteroatoms. The van der Waals surface area contributed by atoms with Gasteiger partial charge in [0.15, 0.2) is 5.65 Å². The molecule has 0 saturated carbocycles. The van der Waals surface area contributed by atoms with Crippen LogP contribution in [0.3, 0.4) is 0 Å². The van der Waals surface area contributed by atoms with Crippen LogP contribution in [0, 0.1) is 0 Å². The van der Waals surface area contributed by atoms with Crippen LogP contribution in [0.2, 0.25) is 0 Å². The van der Waals surface area contributed by atoms with Gasteiger partial charge in [0, 0.05) is 44.7 Å². The molecule has 0 aromatic carbocycles. The summed E-state index contributed by atoms with van der Waals surface area (Å²) in [5, 5.41) is 9.22. The summed E-state index contributed by atoms with van der Waals surface area (Å²) < 4.78 is 4.66. The van der Waals surface area contributed by atoms with Crippen molar-refractivity contribution in [2.75, 3.05) is 11.4 Å². The molecule has 1 atom stereocenters. The summed E-state index contributed by atoms with van der Waals surface area (Å²) in [6.07, 6.45) is 6.79. The van der Waals surface area contributed by atoms with Crippen molar-refractivity contribution >= 4 is 17.0 Å². The predicted molar refractivity (Wildman–Crippen MR) is 116 cm³/mol. The molecule has 1 fully saturated rings. The largest absolute Gasteiger partial charge is 0.337 e. The van der Waals surface area contributed by atoms with Crippen LogP contribution in [0.1, 0.15) is 12.8 Å². The molecule has 158 valence electrons. The molecule has 0 N–H and O–H groups in total. The van der Waals surface area contributed by atoms with Gasteiger partial charge in [-0.2, -0.15) is 15.2 Å². The van der Waals surface area contributed by atoms with E-state index in [1.165, 1.54) is 10.7 Å². The molecule has 1 saturated heterocycles. The highest BCUT2D eigenvalue weighted by Crippen LogP contribution is 2.25. The van der Waals surface area contributed by atoms with Gasteiger partial charge in [-0.15, -0.1) is 0 Å². The maximum Gasteiger partial charge on any atom is 0.266 e. The summed E-state index contributed by atoms with van der Waals surface area (Å²) >= 11 is 0. The molecule has 1 aliphatic rings. The van der Waals surface area contributed by atoms with E-state index in [1.807, 2.05) is 12.1 Å².